The Balaban J connectivity index is 1.38. The molecule has 0 bridgehead atoms. The molecule has 1 aliphatic carbocycles. The molecule has 0 heterocycles. The van der Waals surface area contributed by atoms with Crippen molar-refractivity contribution in [3.63, 3.8) is 0 Å². The number of unbranched alkanes of at least 4 members (excludes halogenated alkanes) is 7. The summed E-state index contributed by atoms with van der Waals surface area (Å²) in [6.45, 7) is 4.72. The van der Waals surface area contributed by atoms with E-state index in [-0.39, 0.29) is 22.8 Å². The minimum atomic E-state index is -1.01. The van der Waals surface area contributed by atoms with Crippen molar-refractivity contribution in [2.45, 2.75) is 110 Å². The summed E-state index contributed by atoms with van der Waals surface area (Å²) in [4.78, 5) is 0. The van der Waals surface area contributed by atoms with Gasteiger partial charge in [-0.3, -0.25) is 0 Å². The van der Waals surface area contributed by atoms with Crippen LogP contribution in [0.2, 0.25) is 0 Å². The van der Waals surface area contributed by atoms with Gasteiger partial charge < -0.3 is 4.74 Å². The highest BCUT2D eigenvalue weighted by Crippen LogP contribution is 2.40. The van der Waals surface area contributed by atoms with Gasteiger partial charge in [-0.2, -0.15) is 4.39 Å². The van der Waals surface area contributed by atoms with Gasteiger partial charge in [-0.1, -0.05) is 108 Å². The van der Waals surface area contributed by atoms with Gasteiger partial charge in [0.1, 0.15) is 0 Å². The Morgan fingerprint density at radius 3 is 1.76 bits per heavy atom. The van der Waals surface area contributed by atoms with Gasteiger partial charge in [-0.05, 0) is 72.8 Å². The van der Waals surface area contributed by atoms with E-state index in [9.17, 15) is 8.78 Å². The van der Waals surface area contributed by atoms with Crippen LogP contribution in [0, 0.1) is 29.2 Å². The molecule has 0 aromatic heterocycles. The number of halogens is 4. The zero-order valence-electron chi connectivity index (χ0n) is 25.3. The van der Waals surface area contributed by atoms with E-state index in [0.717, 1.165) is 44.9 Å². The highest BCUT2D eigenvalue weighted by Gasteiger charge is 2.26. The predicted molar refractivity (Wildman–Crippen MR) is 165 cm³/mol. The first-order valence-electron chi connectivity index (χ1n) is 16.1. The van der Waals surface area contributed by atoms with Crippen LogP contribution in [0.5, 0.6) is 5.75 Å². The molecule has 0 aliphatic heterocycles. The summed E-state index contributed by atoms with van der Waals surface area (Å²) in [5.41, 5.74) is 1.67. The fraction of sp³-hybridized carbons (Fsp3) is 0.514. The second-order valence-corrected chi connectivity index (χ2v) is 12.0. The molecule has 3 aromatic carbocycles. The van der Waals surface area contributed by atoms with Crippen molar-refractivity contribution < 1.29 is 22.3 Å². The SMILES string of the molecule is CCCCCCCCOc1ccc(-c2ccc(-c3ccc(C4CCC(CCCCC)CC4)c(F)c3F)cc2)c(F)c1F. The van der Waals surface area contributed by atoms with Gasteiger partial charge in [0.2, 0.25) is 5.82 Å². The van der Waals surface area contributed by atoms with Crippen LogP contribution < -0.4 is 4.74 Å². The Hall–Kier alpha value is -2.82. The second-order valence-electron chi connectivity index (χ2n) is 12.0. The minimum Gasteiger partial charge on any atom is -0.490 e. The van der Waals surface area contributed by atoms with E-state index in [1.54, 1.807) is 36.4 Å². The smallest absolute Gasteiger partial charge is 0.201 e. The van der Waals surface area contributed by atoms with Crippen LogP contribution in [-0.4, -0.2) is 6.61 Å². The van der Waals surface area contributed by atoms with E-state index < -0.39 is 23.3 Å². The maximum absolute atomic E-state index is 15.3. The molecule has 0 saturated heterocycles. The zero-order chi connectivity index (χ0) is 29.9. The molecule has 4 rings (SSSR count). The molecule has 1 aliphatic rings. The first-order chi connectivity index (χ1) is 20.4. The summed E-state index contributed by atoms with van der Waals surface area (Å²) < 4.78 is 65.8. The highest BCUT2D eigenvalue weighted by atomic mass is 19.2. The zero-order valence-corrected chi connectivity index (χ0v) is 25.3. The lowest BCUT2D eigenvalue weighted by atomic mass is 9.76. The quantitative estimate of drug-likeness (QED) is 0.128. The van der Waals surface area contributed by atoms with Crippen LogP contribution in [0.3, 0.4) is 0 Å². The fourth-order valence-electron chi connectivity index (χ4n) is 6.31. The van der Waals surface area contributed by atoms with Gasteiger partial charge >= 0.3 is 0 Å². The number of benzene rings is 3. The fourth-order valence-corrected chi connectivity index (χ4v) is 6.31. The summed E-state index contributed by atoms with van der Waals surface area (Å²) in [6, 6.07) is 12.8. The lowest BCUT2D eigenvalue weighted by Crippen LogP contribution is -2.15. The van der Waals surface area contributed by atoms with Crippen molar-refractivity contribution >= 4 is 0 Å². The molecule has 0 amide bonds. The van der Waals surface area contributed by atoms with Gasteiger partial charge in [0.15, 0.2) is 23.2 Å². The summed E-state index contributed by atoms with van der Waals surface area (Å²) in [5, 5.41) is 0. The van der Waals surface area contributed by atoms with Gasteiger partial charge in [0, 0.05) is 11.1 Å². The van der Waals surface area contributed by atoms with E-state index in [0.29, 0.717) is 29.2 Å². The van der Waals surface area contributed by atoms with Crippen molar-refractivity contribution in [3.8, 4) is 28.0 Å². The van der Waals surface area contributed by atoms with Gasteiger partial charge in [-0.15, -0.1) is 0 Å². The van der Waals surface area contributed by atoms with Gasteiger partial charge in [-0.25, -0.2) is 13.2 Å². The maximum Gasteiger partial charge on any atom is 0.201 e. The number of hydrogen-bond acceptors (Lipinski definition) is 1. The molecule has 42 heavy (non-hydrogen) atoms. The minimum absolute atomic E-state index is 0.0500. The summed E-state index contributed by atoms with van der Waals surface area (Å²) in [7, 11) is 0. The van der Waals surface area contributed by atoms with Crippen LogP contribution in [-0.2, 0) is 0 Å². The van der Waals surface area contributed by atoms with Crippen molar-refractivity contribution in [3.05, 3.63) is 77.4 Å². The Labute approximate surface area is 249 Å². The molecular weight excluding hydrogens is 536 g/mol. The second kappa shape index (κ2) is 16.1. The number of hydrogen-bond donors (Lipinski definition) is 0. The van der Waals surface area contributed by atoms with Crippen molar-refractivity contribution in [1.29, 1.82) is 0 Å². The van der Waals surface area contributed by atoms with E-state index in [4.69, 9.17) is 4.74 Å². The van der Waals surface area contributed by atoms with Crippen molar-refractivity contribution in [2.24, 2.45) is 5.92 Å². The number of rotatable bonds is 15. The molecule has 228 valence electrons. The first kappa shape index (κ1) is 32.1. The molecule has 1 fully saturated rings. The van der Waals surface area contributed by atoms with E-state index in [1.807, 2.05) is 0 Å². The Bertz CT molecular complexity index is 1260. The third kappa shape index (κ3) is 8.17. The largest absolute Gasteiger partial charge is 0.490 e. The van der Waals surface area contributed by atoms with Crippen molar-refractivity contribution in [1.82, 2.24) is 0 Å². The van der Waals surface area contributed by atoms with Crippen LogP contribution >= 0.6 is 0 Å². The molecular formula is C37H46F4O. The average Bonchev–Trinajstić information content (AvgIpc) is 3.01. The molecule has 0 spiro atoms. The third-order valence-corrected chi connectivity index (χ3v) is 8.92. The number of ether oxygens (including phenoxy) is 1. The monoisotopic (exact) mass is 582 g/mol. The van der Waals surface area contributed by atoms with Crippen LogP contribution in [0.15, 0.2) is 48.5 Å². The highest BCUT2D eigenvalue weighted by molar-refractivity contribution is 5.72. The Kier molecular flexibility index (Phi) is 12.3. The summed E-state index contributed by atoms with van der Waals surface area (Å²) >= 11 is 0. The summed E-state index contributed by atoms with van der Waals surface area (Å²) in [5.74, 6) is -2.96. The van der Waals surface area contributed by atoms with E-state index in [1.165, 1.54) is 57.1 Å². The van der Waals surface area contributed by atoms with E-state index in [2.05, 4.69) is 13.8 Å². The normalized spacial score (nSPS) is 17.0. The molecule has 3 aromatic rings. The van der Waals surface area contributed by atoms with Gasteiger partial charge in [0.25, 0.3) is 0 Å². The topological polar surface area (TPSA) is 9.23 Å². The molecule has 5 heteroatoms. The molecule has 1 nitrogen and oxygen atoms in total. The Morgan fingerprint density at radius 1 is 0.571 bits per heavy atom. The molecule has 0 radical (unpaired) electrons. The first-order valence-corrected chi connectivity index (χ1v) is 16.1. The third-order valence-electron chi connectivity index (χ3n) is 8.92. The molecule has 0 unspecified atom stereocenters. The molecule has 0 atom stereocenters. The van der Waals surface area contributed by atoms with Crippen LogP contribution in [0.1, 0.15) is 115 Å². The predicted octanol–water partition coefficient (Wildman–Crippen LogP) is 12.2. The Morgan fingerprint density at radius 2 is 1.12 bits per heavy atom. The van der Waals surface area contributed by atoms with Gasteiger partial charge in [0.05, 0.1) is 6.61 Å². The van der Waals surface area contributed by atoms with Crippen LogP contribution in [0.25, 0.3) is 22.3 Å². The molecule has 1 saturated carbocycles. The lowest BCUT2D eigenvalue weighted by Gasteiger charge is -2.29. The standard InChI is InChI=1S/C37H46F4O/c1-3-5-7-8-9-11-25-42-33-24-23-32(36(40)37(33)41)29-19-17-28(18-20-29)31-22-21-30(34(38)35(31)39)27-15-13-26(14-16-27)12-10-6-4-2/h17-24,26-27H,3-16,25H2,1-2H3. The molecule has 0 N–H and O–H groups in total. The maximum atomic E-state index is 15.3. The average molecular weight is 583 g/mol. The van der Waals surface area contributed by atoms with Crippen molar-refractivity contribution in [2.75, 3.05) is 6.61 Å². The summed E-state index contributed by atoms with van der Waals surface area (Å²) in [6.07, 6.45) is 15.4. The van der Waals surface area contributed by atoms with Crippen LogP contribution in [0.4, 0.5) is 17.6 Å². The van der Waals surface area contributed by atoms with E-state index >= 15 is 8.78 Å². The lowest BCUT2D eigenvalue weighted by molar-refractivity contribution is 0.285.